The van der Waals surface area contributed by atoms with Gasteiger partial charge in [-0.15, -0.1) is 0 Å². The van der Waals surface area contributed by atoms with Crippen molar-refractivity contribution < 1.29 is 17.9 Å². The molecule has 0 unspecified atom stereocenters. The molecule has 0 atom stereocenters. The van der Waals surface area contributed by atoms with Crippen molar-refractivity contribution in [2.45, 2.75) is 20.8 Å². The Morgan fingerprint density at radius 1 is 0.694 bits per heavy atom. The van der Waals surface area contributed by atoms with E-state index in [1.165, 1.54) is 0 Å². The van der Waals surface area contributed by atoms with Crippen LogP contribution in [0, 0.1) is 5.41 Å². The Balaban J connectivity index is 0.000000185. The minimum absolute atomic E-state index is 0.271. The number of pyridine rings is 2. The molecule has 1 aromatic carbocycles. The second-order valence-electron chi connectivity index (χ2n) is 8.23. The second kappa shape index (κ2) is 17.2. The van der Waals surface area contributed by atoms with Crippen LogP contribution in [-0.4, -0.2) is 14.4 Å². The predicted molar refractivity (Wildman–Crippen MR) is 146 cm³/mol. The van der Waals surface area contributed by atoms with E-state index >= 15 is 0 Å². The van der Waals surface area contributed by atoms with Gasteiger partial charge in [0, 0.05) is 12.4 Å². The molecule has 184 valence electrons. The minimum atomic E-state index is -0.419. The van der Waals surface area contributed by atoms with Gasteiger partial charge in [0.05, 0.1) is 11.4 Å². The Morgan fingerprint density at radius 3 is 1.53 bits per heavy atom. The fourth-order valence-corrected chi connectivity index (χ4v) is 4.18. The van der Waals surface area contributed by atoms with E-state index in [9.17, 15) is 0 Å². The number of benzene rings is 1. The average Bonchev–Trinajstić information content (AvgIpc) is 3.66. The molecule has 5 aromatic rings. The molecule has 5 rings (SSSR count). The van der Waals surface area contributed by atoms with Gasteiger partial charge in [-0.1, -0.05) is 36.4 Å². The van der Waals surface area contributed by atoms with Crippen molar-refractivity contribution in [1.82, 2.24) is 19.9 Å². The Labute approximate surface area is 226 Å². The topological polar surface area (TPSA) is 66.3 Å². The monoisotopic (exact) mass is 581 g/mol. The number of hydrogen-bond acceptors (Lipinski definition) is 3. The number of nitrogens with zero attached hydrogens (tertiary/aromatic N) is 5. The van der Waals surface area contributed by atoms with Crippen LogP contribution in [0.1, 0.15) is 20.8 Å². The van der Waals surface area contributed by atoms with Gasteiger partial charge in [0.2, 0.25) is 0 Å². The van der Waals surface area contributed by atoms with Crippen LogP contribution in [0.2, 0.25) is 5.02 Å². The van der Waals surface area contributed by atoms with E-state index in [0.29, 0.717) is 0 Å². The third kappa shape index (κ3) is 13.6. The second-order valence-corrected chi connectivity index (χ2v) is 10.2. The van der Waals surface area contributed by atoms with Crippen LogP contribution < -0.4 is 9.97 Å². The zero-order valence-electron chi connectivity index (χ0n) is 20.6. The standard InChI is InChI=1S/C10H8N2.C6H4ClN.C5H10.2C4H4N.Mo/c1-3-7-11-9(5-1)10-6-2-4-8-12-10;7-5-3-1-2-4-6(5)8;1-5(2,3)4;2*1-2-4-5-3-1;/h1-8H;1-4H;1H,2-4H3;2*1-4H;/q;;;2*-1;+2. The van der Waals surface area contributed by atoms with Crippen molar-refractivity contribution in [2.75, 3.05) is 0 Å². The summed E-state index contributed by atoms with van der Waals surface area (Å²) in [5, 5.41) is 0.750. The van der Waals surface area contributed by atoms with Crippen molar-refractivity contribution in [2.24, 2.45) is 8.91 Å². The predicted octanol–water partition coefficient (Wildman–Crippen LogP) is 7.52. The molecule has 0 saturated carbocycles. The third-order valence-electron chi connectivity index (χ3n) is 3.91. The molecule has 0 N–H and O–H groups in total. The third-order valence-corrected chi connectivity index (χ3v) is 6.97. The van der Waals surface area contributed by atoms with Crippen LogP contribution in [-0.2, 0) is 17.9 Å². The van der Waals surface area contributed by atoms with Gasteiger partial charge >= 0.3 is 98.6 Å². The van der Waals surface area contributed by atoms with Gasteiger partial charge < -0.3 is 9.97 Å². The largest absolute Gasteiger partial charge is 0.670 e. The van der Waals surface area contributed by atoms with E-state index in [0.717, 1.165) is 22.1 Å². The van der Waals surface area contributed by atoms with Crippen LogP contribution in [0.4, 0.5) is 5.69 Å². The Morgan fingerprint density at radius 2 is 1.17 bits per heavy atom. The minimum Gasteiger partial charge on any atom is -0.670 e. The first-order valence-electron chi connectivity index (χ1n) is 11.3. The van der Waals surface area contributed by atoms with Gasteiger partial charge in [0.25, 0.3) is 0 Å². The first kappa shape index (κ1) is 29.0. The zero-order valence-corrected chi connectivity index (χ0v) is 23.4. The quantitative estimate of drug-likeness (QED) is 0.203. The van der Waals surface area contributed by atoms with Crippen molar-refractivity contribution in [3.63, 3.8) is 0 Å². The van der Waals surface area contributed by atoms with Crippen molar-refractivity contribution in [3.05, 3.63) is 127 Å². The summed E-state index contributed by atoms with van der Waals surface area (Å²) in [5.41, 5.74) is 3.03. The van der Waals surface area contributed by atoms with E-state index < -0.39 is 17.9 Å². The molecule has 0 amide bonds. The van der Waals surface area contributed by atoms with Crippen molar-refractivity contribution in [1.29, 1.82) is 0 Å². The van der Waals surface area contributed by atoms with E-state index in [2.05, 4.69) is 48.6 Å². The summed E-state index contributed by atoms with van der Waals surface area (Å²) >= 11 is 5.57. The average molecular weight is 580 g/mol. The van der Waals surface area contributed by atoms with Gasteiger partial charge in [-0.3, -0.25) is 9.97 Å². The fraction of sp³-hybridized carbons (Fsp3) is 0.138. The molecule has 36 heavy (non-hydrogen) atoms. The molecule has 7 heteroatoms. The summed E-state index contributed by atoms with van der Waals surface area (Å²) < 4.78 is 6.84. The maximum Gasteiger partial charge on any atom is 0.0886 e. The van der Waals surface area contributed by atoms with Crippen molar-refractivity contribution >= 4 is 21.7 Å². The number of hydrogen-bond donors (Lipinski definition) is 0. The van der Waals surface area contributed by atoms with Crippen LogP contribution >= 0.6 is 11.6 Å². The molecule has 0 spiro atoms. The molecule has 0 fully saturated rings. The first-order chi connectivity index (χ1) is 17.5. The molecule has 0 saturated heterocycles. The number of halogens is 1. The van der Waals surface area contributed by atoms with Gasteiger partial charge in [-0.05, 0) is 24.3 Å². The smallest absolute Gasteiger partial charge is 0.0886 e. The molecule has 4 heterocycles. The molecule has 0 radical (unpaired) electrons. The van der Waals surface area contributed by atoms with E-state index in [4.69, 9.17) is 11.6 Å². The Bertz CT molecular complexity index is 1150. The number of rotatable bonds is 2. The van der Waals surface area contributed by atoms with Crippen LogP contribution in [0.25, 0.3) is 11.4 Å². The molecular weight excluding hydrogens is 550 g/mol. The van der Waals surface area contributed by atoms with Crippen LogP contribution in [0.3, 0.4) is 0 Å². The van der Waals surface area contributed by atoms with E-state index in [-0.39, 0.29) is 5.41 Å². The fourth-order valence-electron chi connectivity index (χ4n) is 2.29. The molecule has 4 aromatic heterocycles. The summed E-state index contributed by atoms with van der Waals surface area (Å²) in [5.74, 6) is 0. The summed E-state index contributed by atoms with van der Waals surface area (Å²) in [7, 11) is 0. The Kier molecular flexibility index (Phi) is 13.8. The van der Waals surface area contributed by atoms with Crippen LogP contribution in [0.15, 0.2) is 126 Å². The van der Waals surface area contributed by atoms with Gasteiger partial charge in [-0.25, -0.2) is 0 Å². The normalized spacial score (nSPS) is 9.56. The van der Waals surface area contributed by atoms with Gasteiger partial charge in [0.15, 0.2) is 0 Å². The Hall–Kier alpha value is -3.27. The summed E-state index contributed by atoms with van der Waals surface area (Å²) in [6, 6.07) is 26.9. The summed E-state index contributed by atoms with van der Waals surface area (Å²) in [6.45, 7) is 6.58. The van der Waals surface area contributed by atoms with Crippen molar-refractivity contribution in [3.8, 4) is 11.4 Å². The van der Waals surface area contributed by atoms with E-state index in [1.807, 2.05) is 84.9 Å². The SMILES string of the molecule is CC(C)(C)[CH]=[Mo+2]=[N]c1ccccc1Cl.c1cc[n-]c1.c1cc[n-]c1.c1ccc(-c2ccccn2)nc1. The molecule has 0 aliphatic heterocycles. The molecular formula is C29H30ClMoN5. The van der Waals surface area contributed by atoms with Crippen LogP contribution in [0.5, 0.6) is 0 Å². The van der Waals surface area contributed by atoms with Gasteiger partial charge in [0.1, 0.15) is 0 Å². The number of aromatic nitrogens is 4. The van der Waals surface area contributed by atoms with Gasteiger partial charge in [-0.2, -0.15) is 24.8 Å². The molecule has 5 nitrogen and oxygen atoms in total. The zero-order chi connectivity index (χ0) is 25.9. The molecule has 0 aliphatic carbocycles. The first-order valence-corrected chi connectivity index (χ1v) is 13.7. The molecule has 0 bridgehead atoms. The maximum absolute atomic E-state index is 5.99. The summed E-state index contributed by atoms with van der Waals surface area (Å²) in [4.78, 5) is 15.8. The summed E-state index contributed by atoms with van der Waals surface area (Å²) in [6.07, 6.45) is 10.5. The maximum atomic E-state index is 5.99. The molecule has 0 aliphatic rings. The van der Waals surface area contributed by atoms with E-state index in [1.54, 1.807) is 37.2 Å².